The predicted octanol–water partition coefficient (Wildman–Crippen LogP) is -4.11. The summed E-state index contributed by atoms with van der Waals surface area (Å²) in [6.45, 7) is 0. The molecule has 1 N–H and O–H groups in total. The van der Waals surface area contributed by atoms with Crippen LogP contribution in [0.4, 0.5) is 0 Å². The molecule has 0 aliphatic carbocycles. The standard InChI is InChI=1S/Fe.Na.H2O4S.O/c;;1-5(2,3)4;/h;;(H2,1,2,3,4);/q+2;+1;;-2/p-1. The maximum Gasteiger partial charge on any atom is 2.00 e. The fourth-order valence-electron chi connectivity index (χ4n) is 0. The van der Waals surface area contributed by atoms with Gasteiger partial charge in [0.15, 0.2) is 0 Å². The van der Waals surface area contributed by atoms with E-state index in [9.17, 15) is 0 Å². The molecule has 0 atom stereocenters. The van der Waals surface area contributed by atoms with E-state index in [0.29, 0.717) is 0 Å². The molecule has 0 bridgehead atoms. The first-order chi connectivity index (χ1) is 2.00. The van der Waals surface area contributed by atoms with Gasteiger partial charge in [-0.1, -0.05) is 0 Å². The predicted molar refractivity (Wildman–Crippen MR) is 13.0 cm³/mol. The topological polar surface area (TPSA) is 106 Å². The summed E-state index contributed by atoms with van der Waals surface area (Å²) in [7, 11) is -4.92. The molecule has 0 aromatic rings. The Morgan fingerprint density at radius 2 is 1.38 bits per heavy atom. The quantitative estimate of drug-likeness (QED) is 0.239. The van der Waals surface area contributed by atoms with Crippen molar-refractivity contribution in [1.82, 2.24) is 0 Å². The molecule has 8 heteroatoms. The molecule has 0 aromatic heterocycles. The molecule has 0 saturated heterocycles. The molecular formula is HFeNaO5S. The van der Waals surface area contributed by atoms with Crippen LogP contribution in [0, 0.1) is 0 Å². The van der Waals surface area contributed by atoms with Gasteiger partial charge in [-0.15, -0.1) is 0 Å². The van der Waals surface area contributed by atoms with Crippen LogP contribution < -0.4 is 29.6 Å². The van der Waals surface area contributed by atoms with Gasteiger partial charge in [0.05, 0.1) is 0 Å². The van der Waals surface area contributed by atoms with Crippen LogP contribution >= 0.6 is 0 Å². The zero-order valence-electron chi connectivity index (χ0n) is 3.84. The van der Waals surface area contributed by atoms with E-state index >= 15 is 0 Å². The van der Waals surface area contributed by atoms with Crippen molar-refractivity contribution in [2.75, 3.05) is 0 Å². The van der Waals surface area contributed by atoms with Gasteiger partial charge in [-0.3, -0.25) is 4.55 Å². The minimum absolute atomic E-state index is 0. The third-order valence-electron chi connectivity index (χ3n) is 0. The molecule has 0 rings (SSSR count). The van der Waals surface area contributed by atoms with Gasteiger partial charge in [-0.2, -0.15) is 0 Å². The number of rotatable bonds is 0. The zero-order chi connectivity index (χ0) is 4.50. The minimum atomic E-state index is -4.92. The third kappa shape index (κ3) is 163. The molecule has 0 radical (unpaired) electrons. The summed E-state index contributed by atoms with van der Waals surface area (Å²) in [5.74, 6) is 0. The van der Waals surface area contributed by atoms with Crippen LogP contribution in [0.2, 0.25) is 0 Å². The second-order valence-corrected chi connectivity index (χ2v) is 1.28. The van der Waals surface area contributed by atoms with Crippen molar-refractivity contribution in [3.63, 3.8) is 0 Å². The van der Waals surface area contributed by atoms with E-state index in [4.69, 9.17) is 17.5 Å². The first kappa shape index (κ1) is 22.8. The molecule has 0 amide bonds. The molecule has 46 valence electrons. The fourth-order valence-corrected chi connectivity index (χ4v) is 0. The smallest absolute Gasteiger partial charge is 2.00 e. The van der Waals surface area contributed by atoms with Crippen molar-refractivity contribution in [1.29, 1.82) is 0 Å². The van der Waals surface area contributed by atoms with E-state index < -0.39 is 10.4 Å². The van der Waals surface area contributed by atoms with Crippen LogP contribution in [0.3, 0.4) is 0 Å². The van der Waals surface area contributed by atoms with Crippen molar-refractivity contribution >= 4 is 10.4 Å². The van der Waals surface area contributed by atoms with E-state index in [-0.39, 0.29) is 52.1 Å². The summed E-state index contributed by atoms with van der Waals surface area (Å²) in [5.41, 5.74) is 0. The first-order valence-electron chi connectivity index (χ1n) is 0.683. The van der Waals surface area contributed by atoms with Gasteiger partial charge in [0, 0.05) is 0 Å². The first-order valence-corrected chi connectivity index (χ1v) is 2.05. The van der Waals surface area contributed by atoms with Gasteiger partial charge in [-0.25, -0.2) is 8.42 Å². The van der Waals surface area contributed by atoms with Crippen molar-refractivity contribution in [3.8, 4) is 0 Å². The Morgan fingerprint density at radius 1 is 1.38 bits per heavy atom. The molecule has 0 fully saturated rings. The molecule has 0 heterocycles. The van der Waals surface area contributed by atoms with Crippen molar-refractivity contribution in [2.45, 2.75) is 0 Å². The number of hydrogen-bond donors (Lipinski definition) is 1. The minimum Gasteiger partial charge on any atom is -2.00 e. The van der Waals surface area contributed by atoms with Crippen molar-refractivity contribution in [2.24, 2.45) is 0 Å². The Bertz CT molecular complexity index is 95.6. The van der Waals surface area contributed by atoms with Gasteiger partial charge >= 0.3 is 46.6 Å². The van der Waals surface area contributed by atoms with E-state index in [1.807, 2.05) is 0 Å². The molecule has 0 saturated carbocycles. The van der Waals surface area contributed by atoms with E-state index in [0.717, 1.165) is 0 Å². The Labute approximate surface area is 79.5 Å². The van der Waals surface area contributed by atoms with Crippen LogP contribution in [0.5, 0.6) is 0 Å². The molecule has 5 nitrogen and oxygen atoms in total. The van der Waals surface area contributed by atoms with Gasteiger partial charge in [0.2, 0.25) is 10.4 Å². The van der Waals surface area contributed by atoms with Crippen molar-refractivity contribution < 1.29 is 69.6 Å². The maximum atomic E-state index is 8.63. The summed E-state index contributed by atoms with van der Waals surface area (Å²) in [6.07, 6.45) is 0. The summed E-state index contributed by atoms with van der Waals surface area (Å²) in [6, 6.07) is 0. The summed E-state index contributed by atoms with van der Waals surface area (Å²) >= 11 is 0. The molecule has 0 aliphatic rings. The molecule has 0 aliphatic heterocycles. The van der Waals surface area contributed by atoms with E-state index in [1.165, 1.54) is 0 Å². The molecule has 0 aromatic carbocycles. The largest absolute Gasteiger partial charge is 2.00 e. The van der Waals surface area contributed by atoms with Crippen LogP contribution in [-0.4, -0.2) is 17.5 Å². The Hall–Kier alpha value is 1.35. The second-order valence-electron chi connectivity index (χ2n) is 0.428. The summed E-state index contributed by atoms with van der Waals surface area (Å²) < 4.78 is 32.8. The van der Waals surface area contributed by atoms with E-state index in [2.05, 4.69) is 0 Å². The monoisotopic (exact) mass is 192 g/mol. The third-order valence-corrected chi connectivity index (χ3v) is 0. The maximum absolute atomic E-state index is 8.63. The van der Waals surface area contributed by atoms with Gasteiger partial charge in [0.25, 0.3) is 0 Å². The molecular weight excluding hydrogens is 191 g/mol. The second kappa shape index (κ2) is 8.35. The summed E-state index contributed by atoms with van der Waals surface area (Å²) in [5, 5.41) is 0. The van der Waals surface area contributed by atoms with Crippen LogP contribution in [0.15, 0.2) is 0 Å². The van der Waals surface area contributed by atoms with Crippen LogP contribution in [-0.2, 0) is 32.9 Å². The molecule has 0 unspecified atom stereocenters. The Balaban J connectivity index is -0.0000000267. The molecule has 0 spiro atoms. The average molecular weight is 192 g/mol. The normalized spacial score (nSPS) is 7.25. The number of hydrogen-bond acceptors (Lipinski definition) is 3. The van der Waals surface area contributed by atoms with Crippen LogP contribution in [0.25, 0.3) is 0 Å². The Morgan fingerprint density at radius 3 is 1.38 bits per heavy atom. The van der Waals surface area contributed by atoms with Gasteiger partial charge in [-0.05, 0) is 0 Å². The van der Waals surface area contributed by atoms with E-state index in [1.54, 1.807) is 0 Å². The molecule has 8 heavy (non-hydrogen) atoms. The van der Waals surface area contributed by atoms with Crippen molar-refractivity contribution in [3.05, 3.63) is 0 Å². The van der Waals surface area contributed by atoms with Gasteiger partial charge in [0.1, 0.15) is 0 Å². The fraction of sp³-hybridized carbons (Fsp3) is 0. The summed E-state index contributed by atoms with van der Waals surface area (Å²) in [4.78, 5) is 0. The SMILES string of the molecule is O=S(=O)([O-])O.[Fe+2].[Na+].[O-2]. The Kier molecular flexibility index (Phi) is 23.8. The van der Waals surface area contributed by atoms with Crippen LogP contribution in [0.1, 0.15) is 0 Å². The van der Waals surface area contributed by atoms with Gasteiger partial charge < -0.3 is 10.0 Å². The zero-order valence-corrected chi connectivity index (χ0v) is 7.76. The average Bonchev–Trinajstić information content (AvgIpc) is 0.722.